The second-order valence-corrected chi connectivity index (χ2v) is 15.0. The highest BCUT2D eigenvalue weighted by molar-refractivity contribution is 5.94. The van der Waals surface area contributed by atoms with Gasteiger partial charge in [-0.2, -0.15) is 0 Å². The zero-order valence-electron chi connectivity index (χ0n) is 29.6. The number of piperidine rings is 2. The van der Waals surface area contributed by atoms with Crippen LogP contribution in [-0.2, 0) is 25.6 Å². The molecule has 1 aromatic rings. The lowest BCUT2D eigenvalue weighted by Gasteiger charge is -2.45. The molecule has 1 aromatic carbocycles. The fraction of sp³-hybridized carbons (Fsp3) is 0.730. The van der Waals surface area contributed by atoms with E-state index in [2.05, 4.69) is 35.1 Å². The Labute approximate surface area is 287 Å². The molecule has 3 fully saturated rings. The molecular weight excluding hydrogens is 606 g/mol. The molecule has 3 aliphatic rings. The summed E-state index contributed by atoms with van der Waals surface area (Å²) in [5.41, 5.74) is 13.0. The summed E-state index contributed by atoms with van der Waals surface area (Å²) in [5, 5.41) is 13.0. The fourth-order valence-electron chi connectivity index (χ4n) is 7.90. The molecule has 11 heteroatoms. The van der Waals surface area contributed by atoms with Gasteiger partial charge < -0.3 is 42.4 Å². The van der Waals surface area contributed by atoms with Crippen molar-refractivity contribution in [2.75, 3.05) is 19.6 Å². The van der Waals surface area contributed by atoms with Gasteiger partial charge in [0.25, 0.3) is 0 Å². The second-order valence-electron chi connectivity index (χ2n) is 15.0. The van der Waals surface area contributed by atoms with Crippen molar-refractivity contribution in [3.8, 4) is 0 Å². The Morgan fingerprint density at radius 2 is 1.69 bits per heavy atom. The molecule has 3 saturated heterocycles. The van der Waals surface area contributed by atoms with Gasteiger partial charge in [-0.15, -0.1) is 0 Å². The summed E-state index contributed by atoms with van der Waals surface area (Å²) < 4.78 is 0. The van der Waals surface area contributed by atoms with Crippen molar-refractivity contribution in [2.24, 2.45) is 29.2 Å². The average molecular weight is 668 g/mol. The van der Waals surface area contributed by atoms with Crippen LogP contribution in [0.2, 0.25) is 0 Å². The average Bonchev–Trinajstić information content (AvgIpc) is 3.54. The normalized spacial score (nSPS) is 29.2. The van der Waals surface area contributed by atoms with Gasteiger partial charge in [0.05, 0.1) is 6.04 Å². The number of nitrogens with two attached hydrogens (primary N) is 2. The van der Waals surface area contributed by atoms with Gasteiger partial charge in [0.2, 0.25) is 17.7 Å². The molecule has 0 spiro atoms. The standard InChI is InChI=1S/C37H61N7O4/c1-5-26(4)33(43-34(46)29(39)22-27-10-7-6-8-11-27)35(47)42-30(13-12-28(38)31-20-24(2)14-17-40-31)36(48)44-19-9-16-37(44,23-45)32-21-25(3)15-18-41-32/h6-8,10-11,23-26,28-33,40-41H,5,9,12-22,38-39H2,1-4H3,(H,42,47)(H,43,46)/t24?,25?,26-,28?,29+,30+,31?,32?,33-,37-/m0/s1. The minimum atomic E-state index is -0.967. The highest BCUT2D eigenvalue weighted by atomic mass is 16.2. The number of hydrogen-bond acceptors (Lipinski definition) is 8. The zero-order chi connectivity index (χ0) is 34.8. The molecular formula is C37H61N7O4. The maximum Gasteiger partial charge on any atom is 0.246 e. The number of amides is 3. The van der Waals surface area contributed by atoms with Crippen molar-refractivity contribution in [1.29, 1.82) is 0 Å². The zero-order valence-corrected chi connectivity index (χ0v) is 29.6. The maximum atomic E-state index is 14.6. The third-order valence-corrected chi connectivity index (χ3v) is 11.2. The summed E-state index contributed by atoms with van der Waals surface area (Å²) in [7, 11) is 0. The number of benzene rings is 1. The maximum absolute atomic E-state index is 14.6. The van der Waals surface area contributed by atoms with Crippen molar-refractivity contribution >= 4 is 24.0 Å². The van der Waals surface area contributed by atoms with Gasteiger partial charge in [-0.3, -0.25) is 14.4 Å². The minimum absolute atomic E-state index is 0.132. The third kappa shape index (κ3) is 9.43. The Kier molecular flexibility index (Phi) is 14.0. The van der Waals surface area contributed by atoms with E-state index in [-0.39, 0.29) is 30.0 Å². The highest BCUT2D eigenvalue weighted by Gasteiger charge is 2.51. The Morgan fingerprint density at radius 3 is 2.33 bits per heavy atom. The van der Waals surface area contributed by atoms with Crippen LogP contribution in [0.25, 0.3) is 0 Å². The number of nitrogens with one attached hydrogen (secondary N) is 4. The van der Waals surface area contributed by atoms with Crippen LogP contribution in [0, 0.1) is 17.8 Å². The SMILES string of the molecule is CC[C@H](C)[C@H](NC(=O)[C@H](N)Cc1ccccc1)C(=O)N[C@H](CCC(N)C1CC(C)CCN1)C(=O)N1CCC[C@]1(C=O)C1CC(C)CCN1. The van der Waals surface area contributed by atoms with Crippen molar-refractivity contribution in [2.45, 2.75) is 134 Å². The van der Waals surface area contributed by atoms with E-state index in [0.29, 0.717) is 56.9 Å². The Morgan fingerprint density at radius 1 is 1.00 bits per heavy atom. The van der Waals surface area contributed by atoms with E-state index in [0.717, 1.165) is 50.6 Å². The van der Waals surface area contributed by atoms with E-state index in [4.69, 9.17) is 11.5 Å². The molecule has 8 N–H and O–H groups in total. The summed E-state index contributed by atoms with van der Waals surface area (Å²) >= 11 is 0. The molecule has 4 rings (SSSR count). The topological polar surface area (TPSA) is 172 Å². The summed E-state index contributed by atoms with van der Waals surface area (Å²) in [6.45, 7) is 10.4. The summed E-state index contributed by atoms with van der Waals surface area (Å²) in [6.07, 6.45) is 7.98. The molecule has 10 atom stereocenters. The van der Waals surface area contributed by atoms with Crippen LogP contribution in [-0.4, -0.2) is 90.3 Å². The molecule has 0 saturated carbocycles. The molecule has 0 radical (unpaired) electrons. The number of nitrogens with zero attached hydrogens (tertiary/aromatic N) is 1. The van der Waals surface area contributed by atoms with Crippen LogP contribution in [0.4, 0.5) is 0 Å². The van der Waals surface area contributed by atoms with Crippen LogP contribution >= 0.6 is 0 Å². The first-order chi connectivity index (χ1) is 23.0. The second kappa shape index (κ2) is 17.7. The molecule has 268 valence electrons. The number of carbonyl (C=O) groups is 4. The Bertz CT molecular complexity index is 1220. The lowest BCUT2D eigenvalue weighted by Crippen LogP contribution is -2.66. The largest absolute Gasteiger partial charge is 0.343 e. The van der Waals surface area contributed by atoms with Gasteiger partial charge in [0.15, 0.2) is 0 Å². The molecule has 3 heterocycles. The van der Waals surface area contributed by atoms with Crippen LogP contribution in [0.15, 0.2) is 30.3 Å². The third-order valence-electron chi connectivity index (χ3n) is 11.2. The number of likely N-dealkylation sites (tertiary alicyclic amines) is 1. The molecule has 3 amide bonds. The highest BCUT2D eigenvalue weighted by Crippen LogP contribution is 2.36. The Balaban J connectivity index is 1.54. The fourth-order valence-corrected chi connectivity index (χ4v) is 7.90. The first kappa shape index (κ1) is 38.0. The lowest BCUT2D eigenvalue weighted by atomic mass is 9.80. The molecule has 3 aliphatic heterocycles. The van der Waals surface area contributed by atoms with Crippen LogP contribution < -0.4 is 32.7 Å². The molecule has 0 aliphatic carbocycles. The van der Waals surface area contributed by atoms with E-state index in [1.54, 1.807) is 4.90 Å². The van der Waals surface area contributed by atoms with Crippen LogP contribution in [0.1, 0.15) is 91.0 Å². The van der Waals surface area contributed by atoms with Gasteiger partial charge in [-0.05, 0) is 94.2 Å². The number of aldehydes is 1. The smallest absolute Gasteiger partial charge is 0.246 e. The van der Waals surface area contributed by atoms with Crippen LogP contribution in [0.5, 0.6) is 0 Å². The monoisotopic (exact) mass is 667 g/mol. The van der Waals surface area contributed by atoms with Gasteiger partial charge in [-0.1, -0.05) is 64.4 Å². The number of hydrogen-bond donors (Lipinski definition) is 6. The van der Waals surface area contributed by atoms with E-state index >= 15 is 0 Å². The van der Waals surface area contributed by atoms with Crippen molar-refractivity contribution in [1.82, 2.24) is 26.2 Å². The summed E-state index contributed by atoms with van der Waals surface area (Å²) in [4.78, 5) is 56.6. The van der Waals surface area contributed by atoms with Crippen molar-refractivity contribution in [3.63, 3.8) is 0 Å². The molecule has 48 heavy (non-hydrogen) atoms. The first-order valence-corrected chi connectivity index (χ1v) is 18.4. The van der Waals surface area contributed by atoms with Gasteiger partial charge in [0.1, 0.15) is 23.9 Å². The molecule has 5 unspecified atom stereocenters. The van der Waals surface area contributed by atoms with E-state index in [9.17, 15) is 19.2 Å². The quantitative estimate of drug-likeness (QED) is 0.154. The van der Waals surface area contributed by atoms with E-state index < -0.39 is 35.5 Å². The van der Waals surface area contributed by atoms with Gasteiger partial charge >= 0.3 is 0 Å². The van der Waals surface area contributed by atoms with Gasteiger partial charge in [0, 0.05) is 24.7 Å². The van der Waals surface area contributed by atoms with Crippen LogP contribution in [0.3, 0.4) is 0 Å². The van der Waals surface area contributed by atoms with E-state index in [1.165, 1.54) is 0 Å². The molecule has 0 bridgehead atoms. The molecule has 0 aromatic heterocycles. The van der Waals surface area contributed by atoms with Gasteiger partial charge in [-0.25, -0.2) is 0 Å². The summed E-state index contributed by atoms with van der Waals surface area (Å²) in [5.74, 6) is -0.314. The Hall–Kier alpha value is -2.86. The van der Waals surface area contributed by atoms with E-state index in [1.807, 2.05) is 44.2 Å². The number of rotatable bonds is 15. The summed E-state index contributed by atoms with van der Waals surface area (Å²) in [6, 6.07) is 6.70. The van der Waals surface area contributed by atoms with Crippen molar-refractivity contribution in [3.05, 3.63) is 35.9 Å². The first-order valence-electron chi connectivity index (χ1n) is 18.4. The number of carbonyl (C=O) groups excluding carboxylic acids is 4. The van der Waals surface area contributed by atoms with Crippen molar-refractivity contribution < 1.29 is 19.2 Å². The molecule has 11 nitrogen and oxygen atoms in total. The lowest BCUT2D eigenvalue weighted by molar-refractivity contribution is -0.145. The predicted octanol–water partition coefficient (Wildman–Crippen LogP) is 2.02. The minimum Gasteiger partial charge on any atom is -0.343 e. The predicted molar refractivity (Wildman–Crippen MR) is 189 cm³/mol.